The molecule has 1 atom stereocenters. The maximum atomic E-state index is 11.9. The summed E-state index contributed by atoms with van der Waals surface area (Å²) in [6, 6.07) is 0.549. The molecule has 0 saturated carbocycles. The van der Waals surface area contributed by atoms with Gasteiger partial charge in [-0.1, -0.05) is 13.3 Å². The van der Waals surface area contributed by atoms with Crippen LogP contribution in [0.2, 0.25) is 0 Å². The molecule has 4 nitrogen and oxygen atoms in total. The summed E-state index contributed by atoms with van der Waals surface area (Å²) in [6.07, 6.45) is 2.04. The fourth-order valence-corrected chi connectivity index (χ4v) is 2.26. The van der Waals surface area contributed by atoms with Gasteiger partial charge in [0.25, 0.3) is 0 Å². The zero-order chi connectivity index (χ0) is 10.1. The molecule has 0 aromatic rings. The van der Waals surface area contributed by atoms with E-state index in [-0.39, 0.29) is 6.04 Å². The number of rotatable bonds is 3. The van der Waals surface area contributed by atoms with E-state index in [0.717, 1.165) is 32.6 Å². The van der Waals surface area contributed by atoms with Gasteiger partial charge in [0, 0.05) is 13.1 Å². The summed E-state index contributed by atoms with van der Waals surface area (Å²) in [5.74, 6) is 0.310. The molecular formula is C10H19N3O. The summed E-state index contributed by atoms with van der Waals surface area (Å²) in [5, 5.41) is 3.28. The van der Waals surface area contributed by atoms with E-state index in [1.54, 1.807) is 0 Å². The van der Waals surface area contributed by atoms with Gasteiger partial charge in [-0.15, -0.1) is 0 Å². The Labute approximate surface area is 85.2 Å². The number of nitrogens with one attached hydrogen (secondary N) is 1. The van der Waals surface area contributed by atoms with Crippen LogP contribution in [0.25, 0.3) is 0 Å². The SMILES string of the molecule is CCCC1NCN(C2CN(C)C2)C1=O. The molecule has 14 heavy (non-hydrogen) atoms. The highest BCUT2D eigenvalue weighted by molar-refractivity contribution is 5.84. The van der Waals surface area contributed by atoms with Gasteiger partial charge < -0.3 is 9.80 Å². The average molecular weight is 197 g/mol. The van der Waals surface area contributed by atoms with Crippen molar-refractivity contribution < 1.29 is 4.79 Å². The van der Waals surface area contributed by atoms with E-state index >= 15 is 0 Å². The number of carbonyl (C=O) groups excluding carboxylic acids is 1. The van der Waals surface area contributed by atoms with Crippen LogP contribution in [-0.4, -0.2) is 54.6 Å². The fraction of sp³-hybridized carbons (Fsp3) is 0.900. The van der Waals surface area contributed by atoms with Gasteiger partial charge in [-0.2, -0.15) is 0 Å². The first kappa shape index (κ1) is 9.93. The lowest BCUT2D eigenvalue weighted by Gasteiger charge is -2.41. The minimum absolute atomic E-state index is 0.0888. The van der Waals surface area contributed by atoms with Crippen molar-refractivity contribution >= 4 is 5.91 Å². The third-order valence-electron chi connectivity index (χ3n) is 3.15. The van der Waals surface area contributed by atoms with Crippen LogP contribution in [0, 0.1) is 0 Å². The molecule has 0 bridgehead atoms. The summed E-state index contributed by atoms with van der Waals surface area (Å²) in [5.41, 5.74) is 0. The highest BCUT2D eigenvalue weighted by Gasteiger charge is 2.38. The number of likely N-dealkylation sites (N-methyl/N-ethyl adjacent to an activating group) is 1. The third-order valence-corrected chi connectivity index (χ3v) is 3.15. The molecular weight excluding hydrogens is 178 g/mol. The van der Waals surface area contributed by atoms with Gasteiger partial charge in [0.05, 0.1) is 18.8 Å². The summed E-state index contributed by atoms with van der Waals surface area (Å²) in [4.78, 5) is 16.1. The molecule has 80 valence electrons. The number of likely N-dealkylation sites (tertiary alicyclic amines) is 1. The highest BCUT2D eigenvalue weighted by atomic mass is 16.2. The maximum absolute atomic E-state index is 11.9. The second-order valence-electron chi connectivity index (χ2n) is 4.39. The number of amides is 1. The predicted molar refractivity (Wildman–Crippen MR) is 54.8 cm³/mol. The van der Waals surface area contributed by atoms with Crippen molar-refractivity contribution in [3.8, 4) is 0 Å². The van der Waals surface area contributed by atoms with Crippen LogP contribution in [0.15, 0.2) is 0 Å². The molecule has 2 aliphatic heterocycles. The van der Waals surface area contributed by atoms with Crippen molar-refractivity contribution in [2.45, 2.75) is 31.8 Å². The van der Waals surface area contributed by atoms with E-state index in [0.29, 0.717) is 11.9 Å². The van der Waals surface area contributed by atoms with Crippen LogP contribution in [0.5, 0.6) is 0 Å². The quantitative estimate of drug-likeness (QED) is 0.684. The van der Waals surface area contributed by atoms with Gasteiger partial charge in [-0.05, 0) is 13.5 Å². The summed E-state index contributed by atoms with van der Waals surface area (Å²) >= 11 is 0. The first-order valence-corrected chi connectivity index (χ1v) is 5.44. The second kappa shape index (κ2) is 3.87. The third kappa shape index (κ3) is 1.64. The minimum Gasteiger partial charge on any atom is -0.323 e. The molecule has 0 radical (unpaired) electrons. The van der Waals surface area contributed by atoms with Crippen LogP contribution in [-0.2, 0) is 4.79 Å². The molecule has 2 fully saturated rings. The minimum atomic E-state index is 0.0888. The first-order chi connectivity index (χ1) is 6.72. The summed E-state index contributed by atoms with van der Waals surface area (Å²) < 4.78 is 0. The Morgan fingerprint density at radius 3 is 2.79 bits per heavy atom. The Morgan fingerprint density at radius 1 is 1.50 bits per heavy atom. The molecule has 0 spiro atoms. The summed E-state index contributed by atoms with van der Waals surface area (Å²) in [6.45, 7) is 4.94. The molecule has 2 heterocycles. The van der Waals surface area contributed by atoms with Crippen LogP contribution in [0.1, 0.15) is 19.8 Å². The molecule has 2 rings (SSSR count). The highest BCUT2D eigenvalue weighted by Crippen LogP contribution is 2.18. The van der Waals surface area contributed by atoms with Gasteiger partial charge in [0.2, 0.25) is 5.91 Å². The van der Waals surface area contributed by atoms with Crippen LogP contribution < -0.4 is 5.32 Å². The molecule has 1 unspecified atom stereocenters. The largest absolute Gasteiger partial charge is 0.323 e. The molecule has 1 amide bonds. The van der Waals surface area contributed by atoms with E-state index in [1.165, 1.54) is 0 Å². The topological polar surface area (TPSA) is 35.6 Å². The van der Waals surface area contributed by atoms with Crippen molar-refractivity contribution in [3.63, 3.8) is 0 Å². The smallest absolute Gasteiger partial charge is 0.241 e. The summed E-state index contributed by atoms with van der Waals surface area (Å²) in [7, 11) is 2.09. The van der Waals surface area contributed by atoms with Gasteiger partial charge in [0.1, 0.15) is 0 Å². The monoisotopic (exact) mass is 197 g/mol. The van der Waals surface area contributed by atoms with E-state index in [4.69, 9.17) is 0 Å². The van der Waals surface area contributed by atoms with Crippen molar-refractivity contribution in [3.05, 3.63) is 0 Å². The van der Waals surface area contributed by atoms with Gasteiger partial charge in [-0.3, -0.25) is 10.1 Å². The molecule has 0 aliphatic carbocycles. The zero-order valence-electron chi connectivity index (χ0n) is 8.99. The lowest BCUT2D eigenvalue weighted by molar-refractivity contribution is -0.133. The van der Waals surface area contributed by atoms with Crippen LogP contribution in [0.3, 0.4) is 0 Å². The van der Waals surface area contributed by atoms with Crippen LogP contribution in [0.4, 0.5) is 0 Å². The van der Waals surface area contributed by atoms with Gasteiger partial charge in [0.15, 0.2) is 0 Å². The number of nitrogens with zero attached hydrogens (tertiary/aromatic N) is 2. The Balaban J connectivity index is 1.87. The number of carbonyl (C=O) groups is 1. The lowest BCUT2D eigenvalue weighted by atomic mass is 10.1. The van der Waals surface area contributed by atoms with E-state index in [2.05, 4.69) is 24.2 Å². The standard InChI is InChI=1S/C10H19N3O/c1-3-4-9-10(14)13(7-11-9)8-5-12(2)6-8/h8-9,11H,3-7H2,1-2H3. The zero-order valence-corrected chi connectivity index (χ0v) is 8.99. The molecule has 1 N–H and O–H groups in total. The molecule has 0 aromatic heterocycles. The van der Waals surface area contributed by atoms with Crippen molar-refractivity contribution in [1.82, 2.24) is 15.1 Å². The maximum Gasteiger partial charge on any atom is 0.241 e. The van der Waals surface area contributed by atoms with E-state index < -0.39 is 0 Å². The Morgan fingerprint density at radius 2 is 2.21 bits per heavy atom. The van der Waals surface area contributed by atoms with Crippen molar-refractivity contribution in [2.75, 3.05) is 26.8 Å². The van der Waals surface area contributed by atoms with Gasteiger partial charge >= 0.3 is 0 Å². The molecule has 4 heteroatoms. The lowest BCUT2D eigenvalue weighted by Crippen LogP contribution is -2.58. The predicted octanol–water partition coefficient (Wildman–Crippen LogP) is -0.142. The molecule has 2 aliphatic rings. The molecule has 2 saturated heterocycles. The molecule has 0 aromatic carbocycles. The normalized spacial score (nSPS) is 29.7. The van der Waals surface area contributed by atoms with Crippen molar-refractivity contribution in [1.29, 1.82) is 0 Å². The van der Waals surface area contributed by atoms with E-state index in [1.807, 2.05) is 4.90 Å². The first-order valence-electron chi connectivity index (χ1n) is 5.44. The fourth-order valence-electron chi connectivity index (χ4n) is 2.26. The number of hydrogen-bond donors (Lipinski definition) is 1. The second-order valence-corrected chi connectivity index (χ2v) is 4.39. The van der Waals surface area contributed by atoms with E-state index in [9.17, 15) is 4.79 Å². The Bertz CT molecular complexity index is 225. The van der Waals surface area contributed by atoms with Crippen LogP contribution >= 0.6 is 0 Å². The Hall–Kier alpha value is -0.610. The Kier molecular flexibility index (Phi) is 2.74. The number of hydrogen-bond acceptors (Lipinski definition) is 3. The van der Waals surface area contributed by atoms with Crippen molar-refractivity contribution in [2.24, 2.45) is 0 Å². The average Bonchev–Trinajstić information content (AvgIpc) is 2.44. The van der Waals surface area contributed by atoms with Gasteiger partial charge in [-0.25, -0.2) is 0 Å².